The lowest BCUT2D eigenvalue weighted by Gasteiger charge is -2.17. The minimum absolute atomic E-state index is 0.125. The van der Waals surface area contributed by atoms with Gasteiger partial charge in [0.15, 0.2) is 0 Å². The van der Waals surface area contributed by atoms with Crippen LogP contribution in [0.25, 0.3) is 0 Å². The molecule has 3 aromatic carbocycles. The third-order valence-electron chi connectivity index (χ3n) is 4.57. The molecule has 0 fully saturated rings. The van der Waals surface area contributed by atoms with Crippen LogP contribution in [0.2, 0.25) is 0 Å². The second-order valence-corrected chi connectivity index (χ2v) is 8.24. The van der Waals surface area contributed by atoms with Crippen molar-refractivity contribution in [2.75, 3.05) is 11.9 Å². The standard InChI is InChI=1S/C22H22N2O3S/c1-17-8-6-7-9-19(17)16-23-28(26,27)21-14-12-18(13-15-21)22(25)24(2)20-10-4-3-5-11-20/h3-15,23H,16H2,1-2H3. The Morgan fingerprint density at radius 1 is 0.893 bits per heavy atom. The summed E-state index contributed by atoms with van der Waals surface area (Å²) in [5, 5.41) is 0. The van der Waals surface area contributed by atoms with E-state index in [0.29, 0.717) is 5.56 Å². The van der Waals surface area contributed by atoms with Crippen molar-refractivity contribution in [3.05, 3.63) is 95.6 Å². The van der Waals surface area contributed by atoms with E-state index >= 15 is 0 Å². The largest absolute Gasteiger partial charge is 0.311 e. The van der Waals surface area contributed by atoms with E-state index in [0.717, 1.165) is 16.8 Å². The van der Waals surface area contributed by atoms with Crippen molar-refractivity contribution in [3.63, 3.8) is 0 Å². The number of aryl methyl sites for hydroxylation is 1. The normalized spacial score (nSPS) is 11.2. The van der Waals surface area contributed by atoms with Crippen molar-refractivity contribution in [2.24, 2.45) is 0 Å². The first-order chi connectivity index (χ1) is 13.4. The highest BCUT2D eigenvalue weighted by Gasteiger charge is 2.17. The minimum atomic E-state index is -3.67. The van der Waals surface area contributed by atoms with Crippen LogP contribution in [0, 0.1) is 6.92 Å². The molecule has 0 radical (unpaired) electrons. The zero-order chi connectivity index (χ0) is 20.1. The maximum atomic E-state index is 12.6. The number of sulfonamides is 1. The number of rotatable bonds is 6. The van der Waals surface area contributed by atoms with Crippen molar-refractivity contribution in [1.29, 1.82) is 0 Å². The van der Waals surface area contributed by atoms with E-state index in [2.05, 4.69) is 4.72 Å². The Balaban J connectivity index is 1.72. The van der Waals surface area contributed by atoms with E-state index in [1.54, 1.807) is 7.05 Å². The lowest BCUT2D eigenvalue weighted by molar-refractivity contribution is 0.0993. The van der Waals surface area contributed by atoms with Gasteiger partial charge in [-0.2, -0.15) is 0 Å². The Hall–Kier alpha value is -2.96. The van der Waals surface area contributed by atoms with Crippen LogP contribution >= 0.6 is 0 Å². The number of nitrogens with zero attached hydrogens (tertiary/aromatic N) is 1. The Morgan fingerprint density at radius 3 is 2.14 bits per heavy atom. The molecule has 0 aliphatic rings. The number of carbonyl (C=O) groups is 1. The highest BCUT2D eigenvalue weighted by Crippen LogP contribution is 2.17. The molecule has 0 atom stereocenters. The third-order valence-corrected chi connectivity index (χ3v) is 5.99. The van der Waals surface area contributed by atoms with E-state index in [-0.39, 0.29) is 17.3 Å². The fourth-order valence-corrected chi connectivity index (χ4v) is 3.81. The number of para-hydroxylation sites is 1. The van der Waals surface area contributed by atoms with Crippen LogP contribution in [0.5, 0.6) is 0 Å². The summed E-state index contributed by atoms with van der Waals surface area (Å²) in [4.78, 5) is 14.3. The van der Waals surface area contributed by atoms with Crippen LogP contribution in [0.1, 0.15) is 21.5 Å². The molecule has 5 nitrogen and oxygen atoms in total. The molecule has 0 aromatic heterocycles. The molecule has 1 amide bonds. The number of anilines is 1. The summed E-state index contributed by atoms with van der Waals surface area (Å²) in [6.45, 7) is 2.15. The minimum Gasteiger partial charge on any atom is -0.311 e. The average molecular weight is 394 g/mol. The van der Waals surface area contributed by atoms with Crippen LogP contribution in [0.3, 0.4) is 0 Å². The van der Waals surface area contributed by atoms with Crippen LogP contribution in [0.4, 0.5) is 5.69 Å². The van der Waals surface area contributed by atoms with Gasteiger partial charge in [-0.1, -0.05) is 42.5 Å². The Bertz CT molecular complexity index is 1060. The lowest BCUT2D eigenvalue weighted by atomic mass is 10.1. The first kappa shape index (κ1) is 19.8. The molecule has 144 valence electrons. The molecule has 0 bridgehead atoms. The Morgan fingerprint density at radius 2 is 1.50 bits per heavy atom. The summed E-state index contributed by atoms with van der Waals surface area (Å²) in [6, 6.07) is 22.8. The average Bonchev–Trinajstić information content (AvgIpc) is 2.73. The van der Waals surface area contributed by atoms with Crippen LogP contribution in [-0.4, -0.2) is 21.4 Å². The van der Waals surface area contributed by atoms with Crippen molar-refractivity contribution in [1.82, 2.24) is 4.72 Å². The van der Waals surface area contributed by atoms with E-state index in [9.17, 15) is 13.2 Å². The summed E-state index contributed by atoms with van der Waals surface area (Å²) in [5.41, 5.74) is 3.13. The van der Waals surface area contributed by atoms with Gasteiger partial charge in [-0.15, -0.1) is 0 Å². The lowest BCUT2D eigenvalue weighted by Crippen LogP contribution is -2.26. The predicted octanol–water partition coefficient (Wildman–Crippen LogP) is 3.75. The van der Waals surface area contributed by atoms with Gasteiger partial charge in [0, 0.05) is 24.8 Å². The molecule has 28 heavy (non-hydrogen) atoms. The molecule has 3 rings (SSSR count). The molecular formula is C22H22N2O3S. The van der Waals surface area contributed by atoms with Crippen molar-refractivity contribution in [2.45, 2.75) is 18.4 Å². The zero-order valence-corrected chi connectivity index (χ0v) is 16.6. The molecule has 0 saturated carbocycles. The molecule has 0 heterocycles. The molecule has 0 spiro atoms. The molecule has 3 aromatic rings. The first-order valence-electron chi connectivity index (χ1n) is 8.86. The zero-order valence-electron chi connectivity index (χ0n) is 15.8. The summed E-state index contributed by atoms with van der Waals surface area (Å²) in [6.07, 6.45) is 0. The number of hydrogen-bond acceptors (Lipinski definition) is 3. The molecule has 0 saturated heterocycles. The number of amides is 1. The van der Waals surface area contributed by atoms with Crippen molar-refractivity contribution in [3.8, 4) is 0 Å². The van der Waals surface area contributed by atoms with Crippen molar-refractivity contribution < 1.29 is 13.2 Å². The number of benzene rings is 3. The summed E-state index contributed by atoms with van der Waals surface area (Å²) in [5.74, 6) is -0.206. The number of carbonyl (C=O) groups excluding carboxylic acids is 1. The smallest absolute Gasteiger partial charge is 0.258 e. The third kappa shape index (κ3) is 4.47. The van der Waals surface area contributed by atoms with Gasteiger partial charge in [-0.3, -0.25) is 4.79 Å². The Kier molecular flexibility index (Phi) is 5.92. The number of hydrogen-bond donors (Lipinski definition) is 1. The van der Waals surface area contributed by atoms with E-state index in [1.165, 1.54) is 29.2 Å². The van der Waals surface area contributed by atoms with Gasteiger partial charge in [0.2, 0.25) is 10.0 Å². The monoisotopic (exact) mass is 394 g/mol. The van der Waals surface area contributed by atoms with E-state index in [1.807, 2.05) is 61.5 Å². The molecular weight excluding hydrogens is 372 g/mol. The topological polar surface area (TPSA) is 66.5 Å². The maximum absolute atomic E-state index is 12.6. The fourth-order valence-electron chi connectivity index (χ4n) is 2.80. The summed E-state index contributed by atoms with van der Waals surface area (Å²) >= 11 is 0. The second-order valence-electron chi connectivity index (χ2n) is 6.48. The molecule has 0 aliphatic heterocycles. The van der Waals surface area contributed by atoms with Gasteiger partial charge < -0.3 is 4.90 Å². The summed E-state index contributed by atoms with van der Waals surface area (Å²) in [7, 11) is -1.98. The predicted molar refractivity (Wildman–Crippen MR) is 111 cm³/mol. The SMILES string of the molecule is Cc1ccccc1CNS(=O)(=O)c1ccc(C(=O)N(C)c2ccccc2)cc1. The van der Waals surface area contributed by atoms with Gasteiger partial charge in [-0.05, 0) is 54.4 Å². The van der Waals surface area contributed by atoms with Gasteiger partial charge in [-0.25, -0.2) is 13.1 Å². The highest BCUT2D eigenvalue weighted by atomic mass is 32.2. The molecule has 1 N–H and O–H groups in total. The molecule has 0 unspecified atom stereocenters. The van der Waals surface area contributed by atoms with Gasteiger partial charge in [0.1, 0.15) is 0 Å². The van der Waals surface area contributed by atoms with Crippen LogP contribution in [0.15, 0.2) is 83.8 Å². The van der Waals surface area contributed by atoms with Crippen molar-refractivity contribution >= 4 is 21.6 Å². The van der Waals surface area contributed by atoms with Crippen LogP contribution < -0.4 is 9.62 Å². The second kappa shape index (κ2) is 8.37. The number of nitrogens with one attached hydrogen (secondary N) is 1. The maximum Gasteiger partial charge on any atom is 0.258 e. The van der Waals surface area contributed by atoms with Gasteiger partial charge in [0.25, 0.3) is 5.91 Å². The summed E-state index contributed by atoms with van der Waals surface area (Å²) < 4.78 is 27.7. The van der Waals surface area contributed by atoms with E-state index < -0.39 is 10.0 Å². The van der Waals surface area contributed by atoms with Gasteiger partial charge >= 0.3 is 0 Å². The quantitative estimate of drug-likeness (QED) is 0.692. The fraction of sp³-hybridized carbons (Fsp3) is 0.136. The Labute approximate surface area is 165 Å². The van der Waals surface area contributed by atoms with Gasteiger partial charge in [0.05, 0.1) is 4.90 Å². The highest BCUT2D eigenvalue weighted by molar-refractivity contribution is 7.89. The molecule has 0 aliphatic carbocycles. The first-order valence-corrected chi connectivity index (χ1v) is 10.3. The van der Waals surface area contributed by atoms with Crippen LogP contribution in [-0.2, 0) is 16.6 Å². The molecule has 6 heteroatoms. The van der Waals surface area contributed by atoms with E-state index in [4.69, 9.17) is 0 Å².